The Balaban J connectivity index is 2.12. The van der Waals surface area contributed by atoms with Crippen LogP contribution in [0.1, 0.15) is 60.0 Å². The summed E-state index contributed by atoms with van der Waals surface area (Å²) in [6.07, 6.45) is 10.2. The molecule has 0 unspecified atom stereocenters. The Kier molecular flexibility index (Phi) is 4.55. The van der Waals surface area contributed by atoms with Crippen LogP contribution in [0.15, 0.2) is 23.8 Å². The van der Waals surface area contributed by atoms with Crippen LogP contribution in [-0.2, 0) is 6.42 Å². The molecule has 1 aromatic rings. The zero-order chi connectivity index (χ0) is 12.1. The van der Waals surface area contributed by atoms with Crippen LogP contribution >= 0.6 is 11.3 Å². The number of rotatable bonds is 3. The minimum absolute atomic E-state index is 0.275. The highest BCUT2D eigenvalue weighted by Gasteiger charge is 2.14. The Morgan fingerprint density at radius 1 is 1.24 bits per heavy atom. The van der Waals surface area contributed by atoms with Gasteiger partial charge in [0, 0.05) is 4.88 Å². The zero-order valence-electron chi connectivity index (χ0n) is 10.5. The average Bonchev–Trinajstić information content (AvgIpc) is 2.76. The number of carbonyl (C=O) groups is 1. The summed E-state index contributed by atoms with van der Waals surface area (Å²) in [4.78, 5) is 14.6. The van der Waals surface area contributed by atoms with Crippen LogP contribution in [0.3, 0.4) is 0 Å². The number of Topliss-reactive ketones (excluding diaryl/α,β-unsaturated/α-hetero) is 1. The van der Waals surface area contributed by atoms with Crippen molar-refractivity contribution >= 4 is 17.1 Å². The number of allylic oxidation sites excluding steroid dienone is 2. The van der Waals surface area contributed by atoms with E-state index >= 15 is 0 Å². The first-order valence-corrected chi connectivity index (χ1v) is 7.45. The van der Waals surface area contributed by atoms with Crippen LogP contribution in [0.4, 0.5) is 0 Å². The summed E-state index contributed by atoms with van der Waals surface area (Å²) >= 11 is 1.66. The summed E-state index contributed by atoms with van der Waals surface area (Å²) < 4.78 is 0. The molecule has 0 aromatic carbocycles. The standard InChI is InChI=1S/C15H20OS/c1-2-13-10-11-14(17-13)15(16)12-8-6-4-3-5-7-9-12/h8,10-11H,2-7,9H2,1H3/b12-8+. The van der Waals surface area contributed by atoms with Gasteiger partial charge >= 0.3 is 0 Å². The van der Waals surface area contributed by atoms with Gasteiger partial charge in [-0.25, -0.2) is 0 Å². The fraction of sp³-hybridized carbons (Fsp3) is 0.533. The van der Waals surface area contributed by atoms with Crippen LogP contribution in [0.25, 0.3) is 0 Å². The van der Waals surface area contributed by atoms with Crippen molar-refractivity contribution in [2.45, 2.75) is 51.9 Å². The molecule has 17 heavy (non-hydrogen) atoms. The zero-order valence-corrected chi connectivity index (χ0v) is 11.3. The van der Waals surface area contributed by atoms with Gasteiger partial charge in [-0.1, -0.05) is 25.8 Å². The first kappa shape index (κ1) is 12.6. The van der Waals surface area contributed by atoms with E-state index in [2.05, 4.69) is 19.1 Å². The molecule has 0 spiro atoms. The van der Waals surface area contributed by atoms with E-state index in [0.717, 1.165) is 29.7 Å². The maximum Gasteiger partial charge on any atom is 0.198 e. The highest BCUT2D eigenvalue weighted by atomic mass is 32.1. The fourth-order valence-electron chi connectivity index (χ4n) is 2.25. The van der Waals surface area contributed by atoms with Gasteiger partial charge in [0.05, 0.1) is 4.88 Å². The summed E-state index contributed by atoms with van der Waals surface area (Å²) in [5.41, 5.74) is 1.05. The summed E-state index contributed by atoms with van der Waals surface area (Å²) in [5, 5.41) is 0. The van der Waals surface area contributed by atoms with Gasteiger partial charge in [-0.2, -0.15) is 0 Å². The van der Waals surface area contributed by atoms with Crippen molar-refractivity contribution in [2.75, 3.05) is 0 Å². The molecule has 0 aliphatic heterocycles. The van der Waals surface area contributed by atoms with Gasteiger partial charge in [0.2, 0.25) is 0 Å². The van der Waals surface area contributed by atoms with Crippen molar-refractivity contribution in [3.63, 3.8) is 0 Å². The Hall–Kier alpha value is -0.890. The van der Waals surface area contributed by atoms with E-state index in [9.17, 15) is 4.79 Å². The van der Waals surface area contributed by atoms with Crippen molar-refractivity contribution in [3.05, 3.63) is 33.5 Å². The molecule has 0 amide bonds. The second kappa shape index (κ2) is 6.15. The molecule has 1 heterocycles. The van der Waals surface area contributed by atoms with Crippen molar-refractivity contribution in [1.29, 1.82) is 0 Å². The quantitative estimate of drug-likeness (QED) is 0.704. The van der Waals surface area contributed by atoms with Crippen molar-refractivity contribution in [2.24, 2.45) is 0 Å². The lowest BCUT2D eigenvalue weighted by Crippen LogP contribution is -2.03. The normalized spacial score (nSPS) is 20.2. The van der Waals surface area contributed by atoms with E-state index in [1.807, 2.05) is 6.07 Å². The SMILES string of the molecule is CCc1ccc(C(=O)/C2=C/CCCCCC2)s1. The molecule has 0 N–H and O–H groups in total. The topological polar surface area (TPSA) is 17.1 Å². The van der Waals surface area contributed by atoms with E-state index in [1.165, 1.54) is 30.6 Å². The third kappa shape index (κ3) is 3.29. The highest BCUT2D eigenvalue weighted by molar-refractivity contribution is 7.14. The average molecular weight is 248 g/mol. The molecule has 1 aliphatic rings. The first-order chi connectivity index (χ1) is 8.31. The molecule has 0 fully saturated rings. The van der Waals surface area contributed by atoms with Gasteiger partial charge in [0.15, 0.2) is 5.78 Å². The summed E-state index contributed by atoms with van der Waals surface area (Å²) in [6.45, 7) is 2.13. The van der Waals surface area contributed by atoms with Crippen LogP contribution in [0.2, 0.25) is 0 Å². The first-order valence-electron chi connectivity index (χ1n) is 6.63. The molecule has 0 atom stereocenters. The molecule has 2 rings (SSSR count). The van der Waals surface area contributed by atoms with Gasteiger partial charge < -0.3 is 0 Å². The molecule has 1 aromatic heterocycles. The van der Waals surface area contributed by atoms with Crippen molar-refractivity contribution in [3.8, 4) is 0 Å². The molecule has 0 radical (unpaired) electrons. The lowest BCUT2D eigenvalue weighted by molar-refractivity contribution is 0.103. The maximum atomic E-state index is 12.3. The monoisotopic (exact) mass is 248 g/mol. The highest BCUT2D eigenvalue weighted by Crippen LogP contribution is 2.24. The van der Waals surface area contributed by atoms with Gasteiger partial charge in [0.25, 0.3) is 0 Å². The molecule has 2 heteroatoms. The summed E-state index contributed by atoms with van der Waals surface area (Å²) in [5.74, 6) is 0.275. The number of hydrogen-bond donors (Lipinski definition) is 0. The molecule has 92 valence electrons. The molecule has 1 aliphatic carbocycles. The molecular weight excluding hydrogens is 228 g/mol. The van der Waals surface area contributed by atoms with Crippen molar-refractivity contribution < 1.29 is 4.79 Å². The fourth-order valence-corrected chi connectivity index (χ4v) is 3.17. The Morgan fingerprint density at radius 3 is 2.82 bits per heavy atom. The van der Waals surface area contributed by atoms with E-state index in [1.54, 1.807) is 11.3 Å². The minimum atomic E-state index is 0.275. The largest absolute Gasteiger partial charge is 0.288 e. The van der Waals surface area contributed by atoms with E-state index in [0.29, 0.717) is 0 Å². The molecule has 1 nitrogen and oxygen atoms in total. The molecular formula is C15H20OS. The van der Waals surface area contributed by atoms with Crippen molar-refractivity contribution in [1.82, 2.24) is 0 Å². The van der Waals surface area contributed by atoms with E-state index in [-0.39, 0.29) is 5.78 Å². The Morgan fingerprint density at radius 2 is 2.06 bits per heavy atom. The maximum absolute atomic E-state index is 12.3. The molecule has 0 saturated heterocycles. The van der Waals surface area contributed by atoms with Gasteiger partial charge in [-0.05, 0) is 49.8 Å². The number of carbonyl (C=O) groups excluding carboxylic acids is 1. The smallest absolute Gasteiger partial charge is 0.198 e. The number of thiophene rings is 1. The van der Waals surface area contributed by atoms with Gasteiger partial charge in [-0.3, -0.25) is 4.79 Å². The number of aryl methyl sites for hydroxylation is 1. The van der Waals surface area contributed by atoms with Crippen LogP contribution in [0, 0.1) is 0 Å². The van der Waals surface area contributed by atoms with Crippen LogP contribution < -0.4 is 0 Å². The lowest BCUT2D eigenvalue weighted by Gasteiger charge is -2.09. The van der Waals surface area contributed by atoms with Crippen LogP contribution in [-0.4, -0.2) is 5.78 Å². The van der Waals surface area contributed by atoms with E-state index < -0.39 is 0 Å². The Labute approximate surface area is 108 Å². The second-order valence-corrected chi connectivity index (χ2v) is 5.80. The van der Waals surface area contributed by atoms with Gasteiger partial charge in [0.1, 0.15) is 0 Å². The Bertz CT molecular complexity index is 414. The summed E-state index contributed by atoms with van der Waals surface area (Å²) in [7, 11) is 0. The predicted octanol–water partition coefficient (Wildman–Crippen LogP) is 4.77. The number of ketones is 1. The van der Waals surface area contributed by atoms with E-state index in [4.69, 9.17) is 0 Å². The third-order valence-electron chi connectivity index (χ3n) is 3.32. The van der Waals surface area contributed by atoms with Crippen LogP contribution in [0.5, 0.6) is 0 Å². The predicted molar refractivity (Wildman–Crippen MR) is 73.8 cm³/mol. The molecule has 0 bridgehead atoms. The summed E-state index contributed by atoms with van der Waals surface area (Å²) in [6, 6.07) is 4.08. The number of hydrogen-bond acceptors (Lipinski definition) is 2. The second-order valence-electron chi connectivity index (χ2n) is 4.63. The lowest BCUT2D eigenvalue weighted by atomic mass is 9.97. The molecule has 0 saturated carbocycles. The minimum Gasteiger partial charge on any atom is -0.288 e. The van der Waals surface area contributed by atoms with Gasteiger partial charge in [-0.15, -0.1) is 11.3 Å². The third-order valence-corrected chi connectivity index (χ3v) is 4.54.